The summed E-state index contributed by atoms with van der Waals surface area (Å²) < 4.78 is 33.3. The Balaban J connectivity index is 1.78. The lowest BCUT2D eigenvalue weighted by atomic mass is 9.87. The summed E-state index contributed by atoms with van der Waals surface area (Å²) in [6, 6.07) is 16.5. The molecule has 2 aromatic rings. The Morgan fingerprint density at radius 3 is 2.14 bits per heavy atom. The summed E-state index contributed by atoms with van der Waals surface area (Å²) in [5, 5.41) is -0.0658. The predicted molar refractivity (Wildman–Crippen MR) is 176 cm³/mol. The van der Waals surface area contributed by atoms with E-state index in [1.165, 1.54) is 5.56 Å². The van der Waals surface area contributed by atoms with Crippen molar-refractivity contribution in [3.05, 3.63) is 65.2 Å². The van der Waals surface area contributed by atoms with Gasteiger partial charge < -0.3 is 23.4 Å². The van der Waals surface area contributed by atoms with Crippen LogP contribution in [0.2, 0.25) is 18.1 Å². The maximum atomic E-state index is 13.5. The van der Waals surface area contributed by atoms with E-state index in [0.717, 1.165) is 16.0 Å². The van der Waals surface area contributed by atoms with E-state index in [1.807, 2.05) is 51.1 Å². The molecule has 2 aromatic carbocycles. The quantitative estimate of drug-likeness (QED) is 0.235. The first kappa shape index (κ1) is 34.2. The molecule has 0 spiro atoms. The zero-order valence-electron chi connectivity index (χ0n) is 28.1. The topological polar surface area (TPSA) is 63.2 Å². The highest BCUT2D eigenvalue weighted by molar-refractivity contribution is 7.99. The van der Waals surface area contributed by atoms with Crippen molar-refractivity contribution < 1.29 is 28.2 Å². The number of carbonyl (C=O) groups is 1. The van der Waals surface area contributed by atoms with Crippen LogP contribution < -0.4 is 0 Å². The van der Waals surface area contributed by atoms with Crippen LogP contribution in [0.15, 0.2) is 53.4 Å². The second-order valence-corrected chi connectivity index (χ2v) is 21.4. The van der Waals surface area contributed by atoms with Crippen LogP contribution in [0.25, 0.3) is 0 Å². The van der Waals surface area contributed by atoms with Gasteiger partial charge in [0.2, 0.25) is 0 Å². The van der Waals surface area contributed by atoms with Gasteiger partial charge >= 0.3 is 5.97 Å². The fraction of sp³-hybridized carbons (Fsp3) is 0.629. The second-order valence-electron chi connectivity index (χ2n) is 15.5. The van der Waals surface area contributed by atoms with E-state index in [2.05, 4.69) is 79.8 Å². The van der Waals surface area contributed by atoms with Gasteiger partial charge in [-0.25, -0.2) is 0 Å². The molecule has 0 N–H and O–H groups in total. The van der Waals surface area contributed by atoms with Gasteiger partial charge in [-0.2, -0.15) is 0 Å². The molecule has 6 nitrogen and oxygen atoms in total. The van der Waals surface area contributed by atoms with Crippen molar-refractivity contribution in [2.24, 2.45) is 5.41 Å². The third kappa shape index (κ3) is 7.94. The number of esters is 1. The number of fused-ring (bicyclic) bond motifs is 1. The first-order valence-corrected chi connectivity index (χ1v) is 19.2. The molecule has 2 heterocycles. The summed E-state index contributed by atoms with van der Waals surface area (Å²) in [5.41, 5.74) is 2.09. The third-order valence-corrected chi connectivity index (χ3v) is 14.5. The molecule has 1 unspecified atom stereocenters. The van der Waals surface area contributed by atoms with Gasteiger partial charge in [-0.1, -0.05) is 95.8 Å². The predicted octanol–water partition coefficient (Wildman–Crippen LogP) is 8.57. The minimum absolute atomic E-state index is 0.00882. The van der Waals surface area contributed by atoms with Crippen LogP contribution >= 0.6 is 11.8 Å². The SMILES string of the molecule is Cc1ccc(C(C)(C)C)cc1S[C@@H]1O[C@@H]2COC(c3ccccc3)O[C@H]2[C@H](O[Si](C)(C)C(C)(C)C)[C@H]1OC(=O)C(C)(C)C. The Morgan fingerprint density at radius 2 is 1.56 bits per heavy atom. The summed E-state index contributed by atoms with van der Waals surface area (Å²) in [4.78, 5) is 14.6. The molecule has 2 saturated heterocycles. The van der Waals surface area contributed by atoms with E-state index in [-0.39, 0.29) is 22.5 Å². The Labute approximate surface area is 264 Å². The van der Waals surface area contributed by atoms with Crippen LogP contribution in [0.1, 0.15) is 85.3 Å². The van der Waals surface area contributed by atoms with Gasteiger partial charge in [-0.15, -0.1) is 0 Å². The Hall–Kier alpha value is -1.68. The zero-order valence-corrected chi connectivity index (χ0v) is 30.0. The van der Waals surface area contributed by atoms with Crippen molar-refractivity contribution in [1.82, 2.24) is 0 Å². The van der Waals surface area contributed by atoms with Gasteiger partial charge in [0, 0.05) is 10.5 Å². The van der Waals surface area contributed by atoms with Gasteiger partial charge in [0.05, 0.1) is 12.0 Å². The standard InChI is InChI=1S/C35H52O6SSi/c1-22-18-19-24(33(2,3)4)20-26(22)42-31-29(40-32(36)34(5,6)7)28(41-43(11,12)35(8,9)10)27-25(38-31)21-37-30(39-27)23-16-14-13-15-17-23/h13-20,25,27-31H,21H2,1-12H3/t25-,27-,28+,29-,30?,31+/m1/s1. The van der Waals surface area contributed by atoms with E-state index in [9.17, 15) is 4.79 Å². The van der Waals surface area contributed by atoms with Gasteiger partial charge in [-0.05, 0) is 68.4 Å². The molecule has 0 bridgehead atoms. The summed E-state index contributed by atoms with van der Waals surface area (Å²) in [6.07, 6.45) is -2.66. The number of ether oxygens (including phenoxy) is 4. The first-order valence-electron chi connectivity index (χ1n) is 15.4. The smallest absolute Gasteiger partial charge is 0.311 e. The summed E-state index contributed by atoms with van der Waals surface area (Å²) >= 11 is 1.60. The third-order valence-electron chi connectivity index (χ3n) is 8.75. The van der Waals surface area contributed by atoms with Crippen molar-refractivity contribution in [1.29, 1.82) is 0 Å². The molecular weight excluding hydrogens is 577 g/mol. The Kier molecular flexibility index (Phi) is 10.0. The van der Waals surface area contributed by atoms with Crippen LogP contribution in [0, 0.1) is 12.3 Å². The molecule has 0 aromatic heterocycles. The van der Waals surface area contributed by atoms with Crippen molar-refractivity contribution in [3.8, 4) is 0 Å². The van der Waals surface area contributed by atoms with Crippen LogP contribution in [-0.2, 0) is 33.6 Å². The average molecular weight is 629 g/mol. The number of thioether (sulfide) groups is 1. The van der Waals surface area contributed by atoms with E-state index in [1.54, 1.807) is 11.8 Å². The van der Waals surface area contributed by atoms with Crippen LogP contribution in [0.4, 0.5) is 0 Å². The largest absolute Gasteiger partial charge is 0.455 e. The molecule has 0 radical (unpaired) electrons. The maximum absolute atomic E-state index is 13.5. The van der Waals surface area contributed by atoms with Gasteiger partial charge in [0.1, 0.15) is 23.7 Å². The lowest BCUT2D eigenvalue weighted by molar-refractivity contribution is -0.317. The highest BCUT2D eigenvalue weighted by Crippen LogP contribution is 2.46. The lowest BCUT2D eigenvalue weighted by Crippen LogP contribution is -2.65. The molecule has 2 aliphatic rings. The Bertz CT molecular complexity index is 1260. The number of aryl methyl sites for hydroxylation is 1. The first-order chi connectivity index (χ1) is 19.8. The molecule has 43 heavy (non-hydrogen) atoms. The van der Waals surface area contributed by atoms with E-state index < -0.39 is 43.8 Å². The van der Waals surface area contributed by atoms with Gasteiger partial charge in [-0.3, -0.25) is 4.79 Å². The monoisotopic (exact) mass is 628 g/mol. The molecule has 2 aliphatic heterocycles. The summed E-state index contributed by atoms with van der Waals surface area (Å²) in [6.45, 7) is 25.8. The molecular formula is C35H52O6SSi. The number of hydrogen-bond acceptors (Lipinski definition) is 7. The van der Waals surface area contributed by atoms with Crippen molar-refractivity contribution in [2.75, 3.05) is 6.61 Å². The van der Waals surface area contributed by atoms with Crippen molar-refractivity contribution in [2.45, 2.75) is 134 Å². The molecule has 8 heteroatoms. The van der Waals surface area contributed by atoms with Gasteiger partial charge in [0.25, 0.3) is 0 Å². The van der Waals surface area contributed by atoms with Crippen LogP contribution in [-0.4, -0.2) is 50.7 Å². The molecule has 0 aliphatic carbocycles. The summed E-state index contributed by atoms with van der Waals surface area (Å²) in [5.74, 6) is -0.291. The number of hydrogen-bond donors (Lipinski definition) is 0. The van der Waals surface area contributed by atoms with Crippen molar-refractivity contribution >= 4 is 26.0 Å². The van der Waals surface area contributed by atoms with Crippen LogP contribution in [0.3, 0.4) is 0 Å². The second kappa shape index (κ2) is 12.6. The average Bonchev–Trinajstić information content (AvgIpc) is 2.90. The maximum Gasteiger partial charge on any atom is 0.311 e. The highest BCUT2D eigenvalue weighted by Gasteiger charge is 2.55. The minimum atomic E-state index is -2.35. The van der Waals surface area contributed by atoms with Gasteiger partial charge in [0.15, 0.2) is 20.7 Å². The van der Waals surface area contributed by atoms with E-state index in [0.29, 0.717) is 6.61 Å². The lowest BCUT2D eigenvalue weighted by Gasteiger charge is -2.52. The molecule has 2 fully saturated rings. The van der Waals surface area contributed by atoms with Crippen molar-refractivity contribution in [3.63, 3.8) is 0 Å². The molecule has 0 amide bonds. The molecule has 6 atom stereocenters. The van der Waals surface area contributed by atoms with E-state index >= 15 is 0 Å². The fourth-order valence-electron chi connectivity index (χ4n) is 4.82. The Morgan fingerprint density at radius 1 is 0.907 bits per heavy atom. The molecule has 4 rings (SSSR count). The highest BCUT2D eigenvalue weighted by atomic mass is 32.2. The summed E-state index contributed by atoms with van der Waals surface area (Å²) in [7, 11) is -2.35. The van der Waals surface area contributed by atoms with E-state index in [4.69, 9.17) is 23.4 Å². The number of carbonyl (C=O) groups excluding carboxylic acids is 1. The minimum Gasteiger partial charge on any atom is -0.455 e. The van der Waals surface area contributed by atoms with Crippen LogP contribution in [0.5, 0.6) is 0 Å². The number of rotatable bonds is 6. The zero-order chi connectivity index (χ0) is 32.0. The normalized spacial score (nSPS) is 27.0. The molecule has 0 saturated carbocycles. The molecule has 238 valence electrons. The number of benzene rings is 2. The fourth-order valence-corrected chi connectivity index (χ4v) is 7.36.